The molecule has 1 amide bonds. The summed E-state index contributed by atoms with van der Waals surface area (Å²) >= 11 is 1.50. The lowest BCUT2D eigenvalue weighted by Crippen LogP contribution is -2.38. The number of aryl methyl sites for hydroxylation is 1. The Balaban J connectivity index is 1.66. The molecular formula is C16H21N5O3S. The first-order valence-corrected chi connectivity index (χ1v) is 8.96. The summed E-state index contributed by atoms with van der Waals surface area (Å²) in [5.41, 5.74) is 2.18. The summed E-state index contributed by atoms with van der Waals surface area (Å²) in [6.07, 6.45) is 0.468. The SMILES string of the molecule is CN(C)Cc1nc(C(=O)N2CCn3nc(CCC(=O)O)cc3C2)cs1. The molecule has 0 aliphatic carbocycles. The summed E-state index contributed by atoms with van der Waals surface area (Å²) in [4.78, 5) is 31.6. The van der Waals surface area contributed by atoms with E-state index in [1.165, 1.54) is 11.3 Å². The maximum atomic E-state index is 12.7. The first kappa shape index (κ1) is 17.6. The lowest BCUT2D eigenvalue weighted by Gasteiger charge is -2.27. The van der Waals surface area contributed by atoms with Gasteiger partial charge >= 0.3 is 5.97 Å². The standard InChI is InChI=1S/C16H21N5O3S/c1-19(2)9-14-17-13(10-25-14)16(24)20-5-6-21-12(8-20)7-11(18-21)3-4-15(22)23/h7,10H,3-6,8-9H2,1-2H3,(H,22,23). The van der Waals surface area contributed by atoms with E-state index >= 15 is 0 Å². The number of carboxylic acid groups (broad SMARTS) is 1. The van der Waals surface area contributed by atoms with Gasteiger partial charge in [0.15, 0.2) is 0 Å². The predicted octanol–water partition coefficient (Wildman–Crippen LogP) is 1.07. The van der Waals surface area contributed by atoms with E-state index in [1.54, 1.807) is 4.90 Å². The van der Waals surface area contributed by atoms with Gasteiger partial charge in [0.05, 0.1) is 30.9 Å². The average Bonchev–Trinajstić information content (AvgIpc) is 3.17. The molecule has 0 saturated heterocycles. The summed E-state index contributed by atoms with van der Waals surface area (Å²) in [6, 6.07) is 1.89. The third-order valence-corrected chi connectivity index (χ3v) is 4.79. The highest BCUT2D eigenvalue weighted by molar-refractivity contribution is 7.09. The first-order chi connectivity index (χ1) is 11.9. The summed E-state index contributed by atoms with van der Waals surface area (Å²) in [6.45, 7) is 2.38. The van der Waals surface area contributed by atoms with Gasteiger partial charge in [-0.05, 0) is 20.2 Å². The van der Waals surface area contributed by atoms with Crippen LogP contribution >= 0.6 is 11.3 Å². The number of amides is 1. The molecule has 0 aromatic carbocycles. The molecule has 134 valence electrons. The van der Waals surface area contributed by atoms with Crippen LogP contribution in [0.1, 0.15) is 33.3 Å². The number of thiazole rings is 1. The smallest absolute Gasteiger partial charge is 0.303 e. The van der Waals surface area contributed by atoms with Crippen molar-refractivity contribution in [2.24, 2.45) is 0 Å². The van der Waals surface area contributed by atoms with Gasteiger partial charge in [-0.15, -0.1) is 11.3 Å². The number of fused-ring (bicyclic) bond motifs is 1. The Morgan fingerprint density at radius 2 is 2.16 bits per heavy atom. The molecule has 0 fully saturated rings. The molecule has 1 aliphatic rings. The van der Waals surface area contributed by atoms with E-state index in [0.29, 0.717) is 31.7 Å². The molecule has 1 aliphatic heterocycles. The Bertz CT molecular complexity index is 783. The molecular weight excluding hydrogens is 342 g/mol. The summed E-state index contributed by atoms with van der Waals surface area (Å²) < 4.78 is 1.86. The number of carbonyl (C=O) groups excluding carboxylic acids is 1. The van der Waals surface area contributed by atoms with Crippen molar-refractivity contribution in [1.29, 1.82) is 0 Å². The van der Waals surface area contributed by atoms with Gasteiger partial charge in [-0.25, -0.2) is 4.98 Å². The van der Waals surface area contributed by atoms with Crippen molar-refractivity contribution >= 4 is 23.2 Å². The summed E-state index contributed by atoms with van der Waals surface area (Å²) in [7, 11) is 3.94. The fraction of sp³-hybridized carbons (Fsp3) is 0.500. The zero-order chi connectivity index (χ0) is 18.0. The van der Waals surface area contributed by atoms with E-state index in [-0.39, 0.29) is 12.3 Å². The van der Waals surface area contributed by atoms with Crippen LogP contribution in [0.15, 0.2) is 11.4 Å². The molecule has 9 heteroatoms. The monoisotopic (exact) mass is 363 g/mol. The van der Waals surface area contributed by atoms with Gasteiger partial charge in [0, 0.05) is 24.9 Å². The number of aromatic nitrogens is 3. The Hall–Kier alpha value is -2.26. The van der Waals surface area contributed by atoms with Gasteiger partial charge in [0.2, 0.25) is 0 Å². The van der Waals surface area contributed by atoms with Crippen LogP contribution in [0.4, 0.5) is 0 Å². The minimum Gasteiger partial charge on any atom is -0.481 e. The highest BCUT2D eigenvalue weighted by Crippen LogP contribution is 2.19. The third kappa shape index (κ3) is 4.23. The molecule has 25 heavy (non-hydrogen) atoms. The normalized spacial score (nSPS) is 14.0. The quantitative estimate of drug-likeness (QED) is 0.826. The number of rotatable bonds is 6. The van der Waals surface area contributed by atoms with Crippen LogP contribution in [0.3, 0.4) is 0 Å². The summed E-state index contributed by atoms with van der Waals surface area (Å²) in [5, 5.41) is 15.9. The number of carboxylic acids is 1. The highest BCUT2D eigenvalue weighted by atomic mass is 32.1. The molecule has 8 nitrogen and oxygen atoms in total. The van der Waals surface area contributed by atoms with E-state index in [2.05, 4.69) is 10.1 Å². The van der Waals surface area contributed by atoms with E-state index in [4.69, 9.17) is 5.11 Å². The van der Waals surface area contributed by atoms with Gasteiger partial charge in [0.1, 0.15) is 10.7 Å². The van der Waals surface area contributed by atoms with Crippen LogP contribution in [0.5, 0.6) is 0 Å². The topological polar surface area (TPSA) is 91.6 Å². The number of nitrogens with zero attached hydrogens (tertiary/aromatic N) is 5. The predicted molar refractivity (Wildman–Crippen MR) is 92.4 cm³/mol. The van der Waals surface area contributed by atoms with Crippen LogP contribution in [0.2, 0.25) is 0 Å². The third-order valence-electron chi connectivity index (χ3n) is 3.95. The van der Waals surface area contributed by atoms with Crippen LogP contribution in [0, 0.1) is 0 Å². The first-order valence-electron chi connectivity index (χ1n) is 8.08. The molecule has 2 aromatic rings. The maximum absolute atomic E-state index is 12.7. The second-order valence-electron chi connectivity index (χ2n) is 6.33. The second-order valence-corrected chi connectivity index (χ2v) is 7.28. The Labute approximate surface area is 149 Å². The van der Waals surface area contributed by atoms with E-state index in [0.717, 1.165) is 22.9 Å². The molecule has 0 atom stereocenters. The lowest BCUT2D eigenvalue weighted by molar-refractivity contribution is -0.136. The number of carbonyl (C=O) groups is 2. The lowest BCUT2D eigenvalue weighted by atomic mass is 10.2. The minimum absolute atomic E-state index is 0.0621. The Morgan fingerprint density at radius 1 is 1.36 bits per heavy atom. The van der Waals surface area contributed by atoms with Crippen molar-refractivity contribution in [3.8, 4) is 0 Å². The highest BCUT2D eigenvalue weighted by Gasteiger charge is 2.25. The van der Waals surface area contributed by atoms with E-state index in [1.807, 2.05) is 35.1 Å². The van der Waals surface area contributed by atoms with Gasteiger partial charge in [0.25, 0.3) is 5.91 Å². The second kappa shape index (κ2) is 7.32. The van der Waals surface area contributed by atoms with Gasteiger partial charge in [-0.2, -0.15) is 5.10 Å². The average molecular weight is 363 g/mol. The largest absolute Gasteiger partial charge is 0.481 e. The molecule has 2 aromatic heterocycles. The van der Waals surface area contributed by atoms with Crippen molar-refractivity contribution in [1.82, 2.24) is 24.6 Å². The number of aliphatic carboxylic acids is 1. The molecule has 0 spiro atoms. The molecule has 3 rings (SSSR count). The van der Waals surface area contributed by atoms with E-state index < -0.39 is 5.97 Å². The van der Waals surface area contributed by atoms with Crippen molar-refractivity contribution in [2.45, 2.75) is 32.5 Å². The zero-order valence-corrected chi connectivity index (χ0v) is 15.1. The molecule has 0 radical (unpaired) electrons. The summed E-state index contributed by atoms with van der Waals surface area (Å²) in [5.74, 6) is -0.902. The Kier molecular flexibility index (Phi) is 5.14. The fourth-order valence-electron chi connectivity index (χ4n) is 2.77. The molecule has 1 N–H and O–H groups in total. The molecule has 0 unspecified atom stereocenters. The van der Waals surface area contributed by atoms with Crippen molar-refractivity contribution in [2.75, 3.05) is 20.6 Å². The van der Waals surface area contributed by atoms with Crippen molar-refractivity contribution in [3.05, 3.63) is 33.5 Å². The molecule has 0 bridgehead atoms. The van der Waals surface area contributed by atoms with Crippen LogP contribution in [-0.4, -0.2) is 62.2 Å². The van der Waals surface area contributed by atoms with Crippen molar-refractivity contribution < 1.29 is 14.7 Å². The maximum Gasteiger partial charge on any atom is 0.303 e. The van der Waals surface area contributed by atoms with Gasteiger partial charge in [-0.1, -0.05) is 0 Å². The van der Waals surface area contributed by atoms with Crippen LogP contribution < -0.4 is 0 Å². The van der Waals surface area contributed by atoms with Crippen LogP contribution in [0.25, 0.3) is 0 Å². The Morgan fingerprint density at radius 3 is 2.88 bits per heavy atom. The van der Waals surface area contributed by atoms with Gasteiger partial charge < -0.3 is 14.9 Å². The van der Waals surface area contributed by atoms with Crippen LogP contribution in [-0.2, 0) is 30.8 Å². The van der Waals surface area contributed by atoms with Gasteiger partial charge in [-0.3, -0.25) is 14.3 Å². The number of hydrogen-bond acceptors (Lipinski definition) is 6. The molecule has 0 saturated carbocycles. The van der Waals surface area contributed by atoms with E-state index in [9.17, 15) is 9.59 Å². The number of hydrogen-bond donors (Lipinski definition) is 1. The fourth-order valence-corrected chi connectivity index (χ4v) is 3.66. The van der Waals surface area contributed by atoms with Crippen molar-refractivity contribution in [3.63, 3.8) is 0 Å². The zero-order valence-electron chi connectivity index (χ0n) is 14.3. The molecule has 3 heterocycles. The minimum atomic E-state index is -0.833.